The van der Waals surface area contributed by atoms with E-state index in [0.29, 0.717) is 29.8 Å². The number of carbonyl (C=O) groups excluding carboxylic acids is 1. The summed E-state index contributed by atoms with van der Waals surface area (Å²) in [4.78, 5) is 20.5. The largest absolute Gasteiger partial charge is 0.465 e. The SMILES string of the molecule is CCc1nc(N)ccc1C#Cc1c(-c2ccc(C(=O)OC)c(F)c2)ccnc1CC. The van der Waals surface area contributed by atoms with Crippen molar-refractivity contribution in [3.05, 3.63) is 76.5 Å². The number of methoxy groups -OCH3 is 1. The standard InChI is InChI=1S/C24H22FN3O2/c1-4-21-15(8-11-23(26)28-21)6-9-18-17(12-13-27-22(18)5-2)16-7-10-19(20(25)14-16)24(29)30-3/h7-8,10-14H,4-5H2,1-3H3,(H2,26,28). The molecule has 0 unspecified atom stereocenters. The maximum Gasteiger partial charge on any atom is 0.340 e. The van der Waals surface area contributed by atoms with Crippen LogP contribution in [0, 0.1) is 17.7 Å². The number of pyridine rings is 2. The first-order chi connectivity index (χ1) is 14.5. The number of nitrogens with zero attached hydrogens (tertiary/aromatic N) is 2. The Bertz CT molecular complexity index is 1160. The van der Waals surface area contributed by atoms with Gasteiger partial charge < -0.3 is 10.5 Å². The van der Waals surface area contributed by atoms with Crippen molar-refractivity contribution in [2.24, 2.45) is 0 Å². The molecule has 30 heavy (non-hydrogen) atoms. The van der Waals surface area contributed by atoms with Gasteiger partial charge in [0.2, 0.25) is 0 Å². The first kappa shape index (κ1) is 21.0. The van der Waals surface area contributed by atoms with E-state index in [1.54, 1.807) is 24.4 Å². The van der Waals surface area contributed by atoms with Gasteiger partial charge in [-0.3, -0.25) is 4.98 Å². The molecule has 3 rings (SSSR count). The number of aryl methyl sites for hydroxylation is 2. The molecule has 6 heteroatoms. The molecular weight excluding hydrogens is 381 g/mol. The maximum absolute atomic E-state index is 14.5. The molecule has 2 aromatic heterocycles. The Morgan fingerprint density at radius 3 is 2.53 bits per heavy atom. The normalized spacial score (nSPS) is 10.3. The highest BCUT2D eigenvalue weighted by Crippen LogP contribution is 2.27. The number of halogens is 1. The van der Waals surface area contributed by atoms with E-state index in [-0.39, 0.29) is 5.56 Å². The van der Waals surface area contributed by atoms with E-state index in [1.165, 1.54) is 19.2 Å². The van der Waals surface area contributed by atoms with Crippen molar-refractivity contribution in [3.8, 4) is 23.0 Å². The molecule has 0 bridgehead atoms. The lowest BCUT2D eigenvalue weighted by Crippen LogP contribution is -2.04. The van der Waals surface area contributed by atoms with Crippen LogP contribution in [0.15, 0.2) is 42.6 Å². The smallest absolute Gasteiger partial charge is 0.340 e. The lowest BCUT2D eigenvalue weighted by molar-refractivity contribution is 0.0595. The zero-order valence-electron chi connectivity index (χ0n) is 17.1. The number of hydrogen-bond acceptors (Lipinski definition) is 5. The van der Waals surface area contributed by atoms with E-state index < -0.39 is 11.8 Å². The number of esters is 1. The number of nitrogen functional groups attached to an aromatic ring is 1. The van der Waals surface area contributed by atoms with Crippen LogP contribution in [0.2, 0.25) is 0 Å². The maximum atomic E-state index is 14.5. The molecule has 0 spiro atoms. The van der Waals surface area contributed by atoms with Gasteiger partial charge in [-0.25, -0.2) is 14.2 Å². The topological polar surface area (TPSA) is 78.1 Å². The highest BCUT2D eigenvalue weighted by molar-refractivity contribution is 5.90. The molecule has 0 atom stereocenters. The number of nitrogens with two attached hydrogens (primary N) is 1. The fraction of sp³-hybridized carbons (Fsp3) is 0.208. The van der Waals surface area contributed by atoms with Gasteiger partial charge in [-0.1, -0.05) is 31.8 Å². The molecule has 0 aliphatic heterocycles. The Morgan fingerprint density at radius 2 is 1.87 bits per heavy atom. The molecule has 5 nitrogen and oxygen atoms in total. The van der Waals surface area contributed by atoms with Crippen LogP contribution in [0.3, 0.4) is 0 Å². The summed E-state index contributed by atoms with van der Waals surface area (Å²) < 4.78 is 19.1. The molecule has 0 aliphatic rings. The van der Waals surface area contributed by atoms with Crippen molar-refractivity contribution in [1.82, 2.24) is 9.97 Å². The quantitative estimate of drug-likeness (QED) is 0.522. The van der Waals surface area contributed by atoms with E-state index in [9.17, 15) is 9.18 Å². The summed E-state index contributed by atoms with van der Waals surface area (Å²) in [6, 6.07) is 9.76. The van der Waals surface area contributed by atoms with E-state index in [2.05, 4.69) is 26.5 Å². The van der Waals surface area contributed by atoms with Crippen LogP contribution in [-0.4, -0.2) is 23.0 Å². The van der Waals surface area contributed by atoms with Crippen molar-refractivity contribution in [1.29, 1.82) is 0 Å². The fourth-order valence-electron chi connectivity index (χ4n) is 3.14. The molecule has 0 saturated heterocycles. The van der Waals surface area contributed by atoms with E-state index in [1.807, 2.05) is 19.9 Å². The van der Waals surface area contributed by atoms with Crippen molar-refractivity contribution in [2.45, 2.75) is 26.7 Å². The molecule has 152 valence electrons. The molecule has 2 N–H and O–H groups in total. The van der Waals surface area contributed by atoms with Crippen molar-refractivity contribution in [2.75, 3.05) is 12.8 Å². The molecule has 0 radical (unpaired) electrons. The zero-order chi connectivity index (χ0) is 21.7. The molecule has 1 aromatic carbocycles. The van der Waals surface area contributed by atoms with E-state index in [0.717, 1.165) is 22.5 Å². The predicted molar refractivity (Wildman–Crippen MR) is 114 cm³/mol. The van der Waals surface area contributed by atoms with Crippen molar-refractivity contribution in [3.63, 3.8) is 0 Å². The third-order valence-corrected chi connectivity index (χ3v) is 4.70. The molecule has 0 amide bonds. The Kier molecular flexibility index (Phi) is 6.43. The fourth-order valence-corrected chi connectivity index (χ4v) is 3.14. The van der Waals surface area contributed by atoms with Crippen LogP contribution in [0.1, 0.15) is 46.7 Å². The number of anilines is 1. The second-order valence-electron chi connectivity index (χ2n) is 6.55. The predicted octanol–water partition coefficient (Wildman–Crippen LogP) is 4.18. The van der Waals surface area contributed by atoms with Gasteiger partial charge in [0, 0.05) is 17.3 Å². The van der Waals surface area contributed by atoms with Crippen LogP contribution in [0.5, 0.6) is 0 Å². The Hall–Kier alpha value is -3.72. The van der Waals surface area contributed by atoms with Crippen molar-refractivity contribution >= 4 is 11.8 Å². The van der Waals surface area contributed by atoms with Crippen molar-refractivity contribution < 1.29 is 13.9 Å². The average Bonchev–Trinajstić information content (AvgIpc) is 2.77. The summed E-state index contributed by atoms with van der Waals surface area (Å²) in [7, 11) is 1.22. The minimum atomic E-state index is -0.717. The third kappa shape index (κ3) is 4.31. The lowest BCUT2D eigenvalue weighted by atomic mass is 9.97. The van der Waals surface area contributed by atoms with Gasteiger partial charge in [-0.2, -0.15) is 0 Å². The summed E-state index contributed by atoms with van der Waals surface area (Å²) in [5.41, 5.74) is 10.1. The molecule has 0 aliphatic carbocycles. The number of aromatic nitrogens is 2. The Labute approximate surface area is 175 Å². The lowest BCUT2D eigenvalue weighted by Gasteiger charge is -2.10. The summed E-state index contributed by atoms with van der Waals surface area (Å²) in [6.07, 6.45) is 3.05. The summed E-state index contributed by atoms with van der Waals surface area (Å²) in [5.74, 6) is 5.46. The van der Waals surface area contributed by atoms with E-state index in [4.69, 9.17) is 5.73 Å². The van der Waals surface area contributed by atoms with Crippen LogP contribution in [0.4, 0.5) is 10.2 Å². The van der Waals surface area contributed by atoms with Crippen LogP contribution in [0.25, 0.3) is 11.1 Å². The van der Waals surface area contributed by atoms with Gasteiger partial charge in [-0.05, 0) is 48.7 Å². The van der Waals surface area contributed by atoms with Gasteiger partial charge in [-0.15, -0.1) is 0 Å². The summed E-state index contributed by atoms with van der Waals surface area (Å²) >= 11 is 0. The zero-order valence-corrected chi connectivity index (χ0v) is 17.1. The molecule has 0 saturated carbocycles. The second-order valence-corrected chi connectivity index (χ2v) is 6.55. The van der Waals surface area contributed by atoms with Gasteiger partial charge >= 0.3 is 5.97 Å². The van der Waals surface area contributed by atoms with Crippen LogP contribution >= 0.6 is 0 Å². The van der Waals surface area contributed by atoms with Gasteiger partial charge in [0.15, 0.2) is 0 Å². The monoisotopic (exact) mass is 403 g/mol. The minimum Gasteiger partial charge on any atom is -0.465 e. The summed E-state index contributed by atoms with van der Waals surface area (Å²) in [5, 5.41) is 0. The first-order valence-electron chi connectivity index (χ1n) is 9.62. The van der Waals surface area contributed by atoms with Gasteiger partial charge in [0.05, 0.1) is 29.6 Å². The number of carbonyl (C=O) groups is 1. The Morgan fingerprint density at radius 1 is 1.10 bits per heavy atom. The number of benzene rings is 1. The van der Waals surface area contributed by atoms with Gasteiger partial charge in [0.1, 0.15) is 11.6 Å². The summed E-state index contributed by atoms with van der Waals surface area (Å²) in [6.45, 7) is 3.98. The molecule has 0 fully saturated rings. The van der Waals surface area contributed by atoms with Crippen LogP contribution < -0.4 is 5.73 Å². The molecule has 3 aromatic rings. The Balaban J connectivity index is 2.12. The molecule has 2 heterocycles. The highest BCUT2D eigenvalue weighted by Gasteiger charge is 2.15. The third-order valence-electron chi connectivity index (χ3n) is 4.70. The number of rotatable bonds is 4. The first-order valence-corrected chi connectivity index (χ1v) is 9.62. The number of ether oxygens (including phenoxy) is 1. The van der Waals surface area contributed by atoms with Crippen LogP contribution in [-0.2, 0) is 17.6 Å². The minimum absolute atomic E-state index is 0.112. The highest BCUT2D eigenvalue weighted by atomic mass is 19.1. The number of hydrogen-bond donors (Lipinski definition) is 1. The van der Waals surface area contributed by atoms with Gasteiger partial charge in [0.25, 0.3) is 0 Å². The molecular formula is C24H22FN3O2. The second kappa shape index (κ2) is 9.19. The average molecular weight is 403 g/mol. The van der Waals surface area contributed by atoms with E-state index >= 15 is 0 Å².